The molecule has 0 heterocycles. The van der Waals surface area contributed by atoms with E-state index in [1.807, 2.05) is 0 Å². The number of rotatable bonds is 2. The van der Waals surface area contributed by atoms with Crippen LogP contribution in [0.25, 0.3) is 6.08 Å². The monoisotopic (exact) mass is 264 g/mol. The lowest BCUT2D eigenvalue weighted by Gasteiger charge is -2.09. The predicted octanol–water partition coefficient (Wildman–Crippen LogP) is 3.12. The van der Waals surface area contributed by atoms with Crippen molar-refractivity contribution >= 4 is 23.5 Å². The van der Waals surface area contributed by atoms with Gasteiger partial charge in [-0.2, -0.15) is 13.2 Å². The molecule has 0 atom stereocenters. The van der Waals surface area contributed by atoms with E-state index in [1.54, 1.807) is 0 Å². The molecule has 17 heavy (non-hydrogen) atoms. The van der Waals surface area contributed by atoms with E-state index >= 15 is 0 Å². The minimum atomic E-state index is -4.52. The molecule has 0 aliphatic carbocycles. The molecule has 0 aliphatic rings. The second kappa shape index (κ2) is 5.09. The summed E-state index contributed by atoms with van der Waals surface area (Å²) < 4.78 is 37.5. The van der Waals surface area contributed by atoms with Crippen LogP contribution in [0.3, 0.4) is 0 Å². The molecule has 0 saturated heterocycles. The Kier molecular flexibility index (Phi) is 4.01. The molecule has 92 valence electrons. The highest BCUT2D eigenvalue weighted by molar-refractivity contribution is 6.31. The predicted molar refractivity (Wildman–Crippen MR) is 58.9 cm³/mol. The van der Waals surface area contributed by atoms with Gasteiger partial charge in [0.25, 0.3) is 0 Å². The van der Waals surface area contributed by atoms with E-state index in [1.165, 1.54) is 18.2 Å². The van der Waals surface area contributed by atoms with E-state index in [9.17, 15) is 13.2 Å². The van der Waals surface area contributed by atoms with Crippen LogP contribution in [-0.4, -0.2) is 11.0 Å². The third kappa shape index (κ3) is 3.67. The Balaban J connectivity index is 3.10. The van der Waals surface area contributed by atoms with E-state index < -0.39 is 11.7 Å². The molecule has 7 heteroatoms. The van der Waals surface area contributed by atoms with Crippen molar-refractivity contribution in [3.8, 4) is 0 Å². The van der Waals surface area contributed by atoms with Crippen molar-refractivity contribution in [1.82, 2.24) is 0 Å². The third-order valence-corrected chi connectivity index (χ3v) is 2.19. The quantitative estimate of drug-likeness (QED) is 0.373. The van der Waals surface area contributed by atoms with Gasteiger partial charge in [0, 0.05) is 0 Å². The largest absolute Gasteiger partial charge is 0.417 e. The fourth-order valence-corrected chi connectivity index (χ4v) is 1.30. The molecule has 0 aromatic heterocycles. The summed E-state index contributed by atoms with van der Waals surface area (Å²) >= 11 is 5.44. The lowest BCUT2D eigenvalue weighted by Crippen LogP contribution is -2.07. The minimum Gasteiger partial charge on any atom is -0.409 e. The highest BCUT2D eigenvalue weighted by Gasteiger charge is 2.33. The second-order valence-electron chi connectivity index (χ2n) is 3.10. The molecule has 1 aromatic rings. The Morgan fingerprint density at radius 1 is 1.41 bits per heavy atom. The summed E-state index contributed by atoms with van der Waals surface area (Å²) in [6.45, 7) is 0. The number of hydrogen-bond acceptors (Lipinski definition) is 2. The number of amidine groups is 1. The summed E-state index contributed by atoms with van der Waals surface area (Å²) in [7, 11) is 0. The average Bonchev–Trinajstić information content (AvgIpc) is 2.26. The molecule has 0 bridgehead atoms. The molecule has 0 fully saturated rings. The van der Waals surface area contributed by atoms with E-state index in [0.717, 1.165) is 12.1 Å². The van der Waals surface area contributed by atoms with E-state index in [2.05, 4.69) is 5.16 Å². The molecule has 3 nitrogen and oxygen atoms in total. The molecule has 0 amide bonds. The van der Waals surface area contributed by atoms with Crippen LogP contribution in [-0.2, 0) is 6.18 Å². The summed E-state index contributed by atoms with van der Waals surface area (Å²) in [5, 5.41) is 10.5. The van der Waals surface area contributed by atoms with Gasteiger partial charge in [-0.25, -0.2) is 0 Å². The molecule has 0 unspecified atom stereocenters. The Hall–Kier alpha value is -1.69. The molecule has 0 aliphatic heterocycles. The molecule has 1 aromatic carbocycles. The van der Waals surface area contributed by atoms with Crippen LogP contribution in [0.1, 0.15) is 11.1 Å². The Labute approximate surface area is 100.0 Å². The van der Waals surface area contributed by atoms with Crippen LogP contribution >= 0.6 is 11.6 Å². The third-order valence-electron chi connectivity index (χ3n) is 1.86. The van der Waals surface area contributed by atoms with Gasteiger partial charge in [-0.05, 0) is 23.8 Å². The van der Waals surface area contributed by atoms with Crippen molar-refractivity contribution < 1.29 is 18.4 Å². The maximum absolute atomic E-state index is 12.5. The lowest BCUT2D eigenvalue weighted by atomic mass is 10.1. The fraction of sp³-hybridized carbons (Fsp3) is 0.100. The van der Waals surface area contributed by atoms with Crippen LogP contribution < -0.4 is 5.73 Å². The van der Waals surface area contributed by atoms with Gasteiger partial charge in [-0.3, -0.25) is 0 Å². The zero-order valence-corrected chi connectivity index (χ0v) is 9.13. The first-order chi connectivity index (χ1) is 7.84. The maximum Gasteiger partial charge on any atom is 0.417 e. The first-order valence-electron chi connectivity index (χ1n) is 4.37. The number of nitrogens with two attached hydrogens (primary N) is 1. The Morgan fingerprint density at radius 3 is 2.59 bits per heavy atom. The van der Waals surface area contributed by atoms with Gasteiger partial charge in [0.2, 0.25) is 0 Å². The van der Waals surface area contributed by atoms with Gasteiger partial charge in [0.15, 0.2) is 5.84 Å². The number of benzene rings is 1. The van der Waals surface area contributed by atoms with Crippen molar-refractivity contribution in [3.05, 3.63) is 40.4 Å². The number of alkyl halides is 3. The van der Waals surface area contributed by atoms with Gasteiger partial charge < -0.3 is 10.9 Å². The highest BCUT2D eigenvalue weighted by Crippen LogP contribution is 2.35. The normalized spacial score (nSPS) is 13.3. The zero-order valence-electron chi connectivity index (χ0n) is 8.37. The first kappa shape index (κ1) is 13.4. The zero-order chi connectivity index (χ0) is 13.1. The van der Waals surface area contributed by atoms with Crippen LogP contribution in [0.2, 0.25) is 5.02 Å². The van der Waals surface area contributed by atoms with Gasteiger partial charge in [0.05, 0.1) is 10.6 Å². The molecular weight excluding hydrogens is 257 g/mol. The fourth-order valence-electron chi connectivity index (χ4n) is 1.08. The molecule has 3 N–H and O–H groups in total. The standard InChI is InChI=1S/C10H8ClF3N2O/c11-8-3-1-6(2-4-9(15)16-17)5-7(8)10(12,13)14/h1-5,17H,(H2,15,16)/b4-2+. The molecule has 1 rings (SSSR count). The average molecular weight is 265 g/mol. The van der Waals surface area contributed by atoms with E-state index in [-0.39, 0.29) is 16.4 Å². The summed E-state index contributed by atoms with van der Waals surface area (Å²) in [6, 6.07) is 3.40. The lowest BCUT2D eigenvalue weighted by molar-refractivity contribution is -0.137. The molecule has 0 radical (unpaired) electrons. The highest BCUT2D eigenvalue weighted by atomic mass is 35.5. The van der Waals surface area contributed by atoms with Crippen LogP contribution in [0, 0.1) is 0 Å². The maximum atomic E-state index is 12.5. The summed E-state index contributed by atoms with van der Waals surface area (Å²) in [6.07, 6.45) is -2.07. The van der Waals surface area contributed by atoms with Crippen molar-refractivity contribution in [2.75, 3.05) is 0 Å². The smallest absolute Gasteiger partial charge is 0.409 e. The van der Waals surface area contributed by atoms with Crippen molar-refractivity contribution in [2.24, 2.45) is 10.9 Å². The molecule has 0 saturated carbocycles. The van der Waals surface area contributed by atoms with Gasteiger partial charge >= 0.3 is 6.18 Å². The Bertz CT molecular complexity index is 469. The summed E-state index contributed by atoms with van der Waals surface area (Å²) in [5.41, 5.74) is 4.45. The first-order valence-corrected chi connectivity index (χ1v) is 4.74. The number of hydrogen-bond donors (Lipinski definition) is 2. The number of oxime groups is 1. The SMILES string of the molecule is NC(/C=C/c1ccc(Cl)c(C(F)(F)F)c1)=N\O. The van der Waals surface area contributed by atoms with Gasteiger partial charge in [-0.15, -0.1) is 0 Å². The topological polar surface area (TPSA) is 58.6 Å². The van der Waals surface area contributed by atoms with Crippen molar-refractivity contribution in [2.45, 2.75) is 6.18 Å². The van der Waals surface area contributed by atoms with E-state index in [0.29, 0.717) is 0 Å². The Morgan fingerprint density at radius 2 is 2.06 bits per heavy atom. The van der Waals surface area contributed by atoms with Gasteiger partial charge in [0.1, 0.15) is 0 Å². The number of nitrogens with zero attached hydrogens (tertiary/aromatic N) is 1. The van der Waals surface area contributed by atoms with Crippen LogP contribution in [0.5, 0.6) is 0 Å². The van der Waals surface area contributed by atoms with Crippen molar-refractivity contribution in [3.63, 3.8) is 0 Å². The summed E-state index contributed by atoms with van der Waals surface area (Å²) in [5.74, 6) is -0.214. The van der Waals surface area contributed by atoms with Gasteiger partial charge in [-0.1, -0.05) is 28.9 Å². The van der Waals surface area contributed by atoms with E-state index in [4.69, 9.17) is 22.5 Å². The molecular formula is C10H8ClF3N2O. The molecule has 0 spiro atoms. The van der Waals surface area contributed by atoms with Crippen LogP contribution in [0.15, 0.2) is 29.4 Å². The van der Waals surface area contributed by atoms with Crippen molar-refractivity contribution in [1.29, 1.82) is 0 Å². The number of halogens is 4. The summed E-state index contributed by atoms with van der Waals surface area (Å²) in [4.78, 5) is 0. The second-order valence-corrected chi connectivity index (χ2v) is 3.50. The van der Waals surface area contributed by atoms with Crippen LogP contribution in [0.4, 0.5) is 13.2 Å². The minimum absolute atomic E-state index is 0.214.